The SMILES string of the molecule is CCCCCCC(CCC)Oc1cccc(I)c1OC(CCC)CCCCCC. The third-order valence-corrected chi connectivity index (χ3v) is 6.34. The average Bonchev–Trinajstić information content (AvgIpc) is 2.71. The summed E-state index contributed by atoms with van der Waals surface area (Å²) in [6.45, 7) is 9.04. The van der Waals surface area contributed by atoms with E-state index in [1.54, 1.807) is 0 Å². The summed E-state index contributed by atoms with van der Waals surface area (Å²) in [5.41, 5.74) is 0. The van der Waals surface area contributed by atoms with E-state index in [1.165, 1.54) is 51.4 Å². The monoisotopic (exact) mass is 516 g/mol. The van der Waals surface area contributed by atoms with Crippen LogP contribution in [0.3, 0.4) is 0 Å². The zero-order valence-corrected chi connectivity index (χ0v) is 21.6. The van der Waals surface area contributed by atoms with Crippen LogP contribution < -0.4 is 9.47 Å². The third-order valence-electron chi connectivity index (χ3n) is 5.49. The number of ether oxygens (including phenoxy) is 2. The van der Waals surface area contributed by atoms with Crippen LogP contribution in [0.2, 0.25) is 0 Å². The maximum absolute atomic E-state index is 6.59. The van der Waals surface area contributed by atoms with Gasteiger partial charge in [-0.05, 0) is 73.2 Å². The van der Waals surface area contributed by atoms with Gasteiger partial charge in [0.2, 0.25) is 0 Å². The highest BCUT2D eigenvalue weighted by molar-refractivity contribution is 14.1. The quantitative estimate of drug-likeness (QED) is 0.143. The summed E-state index contributed by atoms with van der Waals surface area (Å²) in [6.07, 6.45) is 17.8. The Morgan fingerprint density at radius 2 is 1.21 bits per heavy atom. The van der Waals surface area contributed by atoms with Crippen molar-refractivity contribution >= 4 is 22.6 Å². The van der Waals surface area contributed by atoms with Crippen molar-refractivity contribution in [3.05, 3.63) is 21.8 Å². The van der Waals surface area contributed by atoms with Crippen molar-refractivity contribution in [2.75, 3.05) is 0 Å². The van der Waals surface area contributed by atoms with Crippen molar-refractivity contribution in [3.63, 3.8) is 0 Å². The molecule has 0 amide bonds. The molecule has 2 nitrogen and oxygen atoms in total. The molecular formula is C26H45IO2. The predicted molar refractivity (Wildman–Crippen MR) is 135 cm³/mol. The van der Waals surface area contributed by atoms with E-state index in [4.69, 9.17) is 9.47 Å². The van der Waals surface area contributed by atoms with Crippen LogP contribution in [0.25, 0.3) is 0 Å². The summed E-state index contributed by atoms with van der Waals surface area (Å²) in [7, 11) is 0. The second kappa shape index (κ2) is 17.3. The minimum atomic E-state index is 0.296. The molecule has 0 saturated heterocycles. The summed E-state index contributed by atoms with van der Waals surface area (Å²) in [4.78, 5) is 0. The molecule has 0 aliphatic rings. The molecule has 0 radical (unpaired) electrons. The summed E-state index contributed by atoms with van der Waals surface area (Å²) in [5.74, 6) is 1.91. The topological polar surface area (TPSA) is 18.5 Å². The lowest BCUT2D eigenvalue weighted by atomic mass is 10.1. The summed E-state index contributed by atoms with van der Waals surface area (Å²) < 4.78 is 14.3. The van der Waals surface area contributed by atoms with Gasteiger partial charge < -0.3 is 9.47 Å². The van der Waals surface area contributed by atoms with Gasteiger partial charge in [-0.1, -0.05) is 85.1 Å². The Morgan fingerprint density at radius 1 is 0.655 bits per heavy atom. The van der Waals surface area contributed by atoms with E-state index >= 15 is 0 Å². The van der Waals surface area contributed by atoms with E-state index in [-0.39, 0.29) is 0 Å². The minimum Gasteiger partial charge on any atom is -0.487 e. The van der Waals surface area contributed by atoms with Gasteiger partial charge in [-0.15, -0.1) is 0 Å². The smallest absolute Gasteiger partial charge is 0.174 e. The lowest BCUT2D eigenvalue weighted by molar-refractivity contribution is 0.140. The van der Waals surface area contributed by atoms with E-state index < -0.39 is 0 Å². The largest absolute Gasteiger partial charge is 0.487 e. The zero-order chi connectivity index (χ0) is 21.3. The van der Waals surface area contributed by atoms with E-state index in [1.807, 2.05) is 0 Å². The molecular weight excluding hydrogens is 471 g/mol. The molecule has 2 atom stereocenters. The van der Waals surface area contributed by atoms with Crippen LogP contribution in [0.1, 0.15) is 118 Å². The summed E-state index contributed by atoms with van der Waals surface area (Å²) in [5, 5.41) is 0. The molecule has 1 rings (SSSR count). The van der Waals surface area contributed by atoms with Crippen LogP contribution in [0.5, 0.6) is 11.5 Å². The molecule has 29 heavy (non-hydrogen) atoms. The van der Waals surface area contributed by atoms with Gasteiger partial charge in [-0.25, -0.2) is 0 Å². The van der Waals surface area contributed by atoms with Gasteiger partial charge in [-0.3, -0.25) is 0 Å². The molecule has 0 heterocycles. The van der Waals surface area contributed by atoms with E-state index in [0.717, 1.165) is 53.6 Å². The molecule has 0 aliphatic heterocycles. The van der Waals surface area contributed by atoms with Crippen LogP contribution in [-0.2, 0) is 0 Å². The Balaban J connectivity index is 2.80. The van der Waals surface area contributed by atoms with E-state index in [2.05, 4.69) is 68.5 Å². The minimum absolute atomic E-state index is 0.296. The Morgan fingerprint density at radius 3 is 1.72 bits per heavy atom. The van der Waals surface area contributed by atoms with Crippen LogP contribution in [0.15, 0.2) is 18.2 Å². The van der Waals surface area contributed by atoms with Gasteiger partial charge in [0.25, 0.3) is 0 Å². The van der Waals surface area contributed by atoms with Gasteiger partial charge in [0.1, 0.15) is 0 Å². The number of rotatable bonds is 18. The number of hydrogen-bond donors (Lipinski definition) is 0. The van der Waals surface area contributed by atoms with Crippen molar-refractivity contribution in [1.29, 1.82) is 0 Å². The fourth-order valence-corrected chi connectivity index (χ4v) is 4.41. The molecule has 1 aromatic carbocycles. The second-order valence-electron chi connectivity index (χ2n) is 8.32. The Bertz CT molecular complexity index is 517. The van der Waals surface area contributed by atoms with Gasteiger partial charge in [0.05, 0.1) is 15.8 Å². The molecule has 1 aromatic rings. The maximum atomic E-state index is 6.59. The molecule has 2 unspecified atom stereocenters. The maximum Gasteiger partial charge on any atom is 0.174 e. The van der Waals surface area contributed by atoms with Crippen LogP contribution in [0, 0.1) is 3.57 Å². The normalized spacial score (nSPS) is 13.3. The molecule has 0 saturated carbocycles. The molecule has 0 spiro atoms. The molecule has 0 aromatic heterocycles. The first-order valence-corrected chi connectivity index (χ1v) is 13.4. The number of benzene rings is 1. The fraction of sp³-hybridized carbons (Fsp3) is 0.769. The Hall–Kier alpha value is -0.450. The van der Waals surface area contributed by atoms with Crippen molar-refractivity contribution in [1.82, 2.24) is 0 Å². The van der Waals surface area contributed by atoms with Crippen molar-refractivity contribution in [2.24, 2.45) is 0 Å². The molecule has 3 heteroatoms. The van der Waals surface area contributed by atoms with Crippen LogP contribution in [-0.4, -0.2) is 12.2 Å². The van der Waals surface area contributed by atoms with Gasteiger partial charge in [-0.2, -0.15) is 0 Å². The number of halogens is 1. The molecule has 168 valence electrons. The first-order valence-electron chi connectivity index (χ1n) is 12.3. The van der Waals surface area contributed by atoms with E-state index in [0.29, 0.717) is 12.2 Å². The Labute approximate surface area is 194 Å². The molecule has 0 N–H and O–H groups in total. The lowest BCUT2D eigenvalue weighted by Gasteiger charge is -2.24. The van der Waals surface area contributed by atoms with Crippen molar-refractivity contribution in [3.8, 4) is 11.5 Å². The van der Waals surface area contributed by atoms with Gasteiger partial charge >= 0.3 is 0 Å². The Kier molecular flexibility index (Phi) is 15.8. The molecule has 0 fully saturated rings. The van der Waals surface area contributed by atoms with E-state index in [9.17, 15) is 0 Å². The summed E-state index contributed by atoms with van der Waals surface area (Å²) in [6, 6.07) is 6.34. The first-order chi connectivity index (χ1) is 14.2. The van der Waals surface area contributed by atoms with Crippen molar-refractivity contribution < 1.29 is 9.47 Å². The number of hydrogen-bond acceptors (Lipinski definition) is 2. The highest BCUT2D eigenvalue weighted by Crippen LogP contribution is 2.36. The van der Waals surface area contributed by atoms with Gasteiger partial charge in [0.15, 0.2) is 11.5 Å². The fourth-order valence-electron chi connectivity index (χ4n) is 3.81. The molecule has 0 bridgehead atoms. The van der Waals surface area contributed by atoms with Crippen LogP contribution >= 0.6 is 22.6 Å². The third kappa shape index (κ3) is 11.5. The average molecular weight is 517 g/mol. The highest BCUT2D eigenvalue weighted by Gasteiger charge is 2.18. The zero-order valence-electron chi connectivity index (χ0n) is 19.5. The molecule has 0 aliphatic carbocycles. The lowest BCUT2D eigenvalue weighted by Crippen LogP contribution is -2.20. The summed E-state index contributed by atoms with van der Waals surface area (Å²) >= 11 is 2.40. The first kappa shape index (κ1) is 26.6. The highest BCUT2D eigenvalue weighted by atomic mass is 127. The van der Waals surface area contributed by atoms with Crippen molar-refractivity contribution in [2.45, 2.75) is 130 Å². The van der Waals surface area contributed by atoms with Crippen LogP contribution in [0.4, 0.5) is 0 Å². The number of para-hydroxylation sites is 1. The second-order valence-corrected chi connectivity index (χ2v) is 9.49. The van der Waals surface area contributed by atoms with Gasteiger partial charge in [0, 0.05) is 0 Å². The standard InChI is InChI=1S/C26H45IO2/c1-5-9-11-13-18-22(16-7-3)28-25-21-15-20-24(27)26(25)29-23(17-8-4)19-14-12-10-6-2/h15,20-23H,5-14,16-19H2,1-4H3. The number of unbranched alkanes of at least 4 members (excludes halogenated alkanes) is 6. The predicted octanol–water partition coefficient (Wildman–Crippen LogP) is 9.33.